The molecule has 7 heteroatoms. The van der Waals surface area contributed by atoms with Crippen LogP contribution >= 0.6 is 12.6 Å². The molecule has 0 spiro atoms. The van der Waals surface area contributed by atoms with Gasteiger partial charge in [0, 0.05) is 10.6 Å². The summed E-state index contributed by atoms with van der Waals surface area (Å²) < 4.78 is 5.14. The first-order valence-corrected chi connectivity index (χ1v) is 9.75. The highest BCUT2D eigenvalue weighted by molar-refractivity contribution is 7.80. The van der Waals surface area contributed by atoms with Gasteiger partial charge in [0.25, 0.3) is 5.91 Å². The Balaban J connectivity index is 0.000000764. The van der Waals surface area contributed by atoms with Crippen LogP contribution in [0.4, 0.5) is 5.69 Å². The number of ether oxygens (including phenoxy) is 1. The van der Waals surface area contributed by atoms with Crippen LogP contribution in [0.3, 0.4) is 0 Å². The van der Waals surface area contributed by atoms with Gasteiger partial charge in [0.1, 0.15) is 5.75 Å². The molecule has 0 saturated carbocycles. The Morgan fingerprint density at radius 3 is 2.06 bits per heavy atom. The zero-order valence-corrected chi connectivity index (χ0v) is 19.2. The van der Waals surface area contributed by atoms with Gasteiger partial charge in [-0.15, -0.1) is 12.6 Å². The summed E-state index contributed by atoms with van der Waals surface area (Å²) in [7, 11) is 1.56. The van der Waals surface area contributed by atoms with Crippen molar-refractivity contribution in [2.75, 3.05) is 12.8 Å². The molecule has 3 rings (SSSR count). The van der Waals surface area contributed by atoms with E-state index in [0.717, 1.165) is 10.5 Å². The molecule has 7 N–H and O–H groups in total. The smallest absolute Gasteiger partial charge is 0.254 e. The second-order valence-electron chi connectivity index (χ2n) is 7.23. The third-order valence-corrected chi connectivity index (χ3v) is 4.76. The molecule has 0 radical (unpaired) electrons. The number of aryl methyl sites for hydroxylation is 1. The summed E-state index contributed by atoms with van der Waals surface area (Å²) in [5, 5.41) is 3.01. The van der Waals surface area contributed by atoms with Crippen molar-refractivity contribution in [3.63, 3.8) is 0 Å². The molecule has 31 heavy (non-hydrogen) atoms. The maximum absolute atomic E-state index is 12.5. The second kappa shape index (κ2) is 12.6. The molecule has 0 aromatic heterocycles. The molecule has 6 nitrogen and oxygen atoms in total. The van der Waals surface area contributed by atoms with E-state index in [1.807, 2.05) is 68.4 Å². The van der Waals surface area contributed by atoms with Gasteiger partial charge in [0.2, 0.25) is 0 Å². The average Bonchev–Trinajstić information content (AvgIpc) is 2.71. The van der Waals surface area contributed by atoms with Crippen molar-refractivity contribution in [3.05, 3.63) is 89.5 Å². The summed E-state index contributed by atoms with van der Waals surface area (Å²) in [6.07, 6.45) is 0. The van der Waals surface area contributed by atoms with Crippen molar-refractivity contribution < 1.29 is 20.5 Å². The number of benzene rings is 3. The van der Waals surface area contributed by atoms with Gasteiger partial charge in [-0.25, -0.2) is 0 Å². The van der Waals surface area contributed by atoms with Crippen LogP contribution in [0.5, 0.6) is 5.75 Å². The number of hydrogen-bond acceptors (Lipinski definition) is 4. The maximum Gasteiger partial charge on any atom is 0.254 e. The number of thiol groups is 1. The molecule has 0 saturated heterocycles. The molecule has 0 aliphatic heterocycles. The summed E-state index contributed by atoms with van der Waals surface area (Å²) in [6, 6.07) is 22.9. The van der Waals surface area contributed by atoms with E-state index in [-0.39, 0.29) is 16.9 Å². The number of hydrogen-bond donors (Lipinski definition) is 3. The lowest BCUT2D eigenvalue weighted by Gasteiger charge is -2.27. The first-order valence-electron chi connectivity index (χ1n) is 9.30. The Hall–Kier alpha value is -3.00. The van der Waals surface area contributed by atoms with E-state index >= 15 is 0 Å². The van der Waals surface area contributed by atoms with Gasteiger partial charge in [-0.1, -0.05) is 48.0 Å². The van der Waals surface area contributed by atoms with Gasteiger partial charge < -0.3 is 26.7 Å². The predicted molar refractivity (Wildman–Crippen MR) is 130 cm³/mol. The standard InChI is InChI=1S/C17H20N2O2.C7H8S.2H2O/c1-17(2,12-7-5-4-6-8-12)19-16(20)14-11-13(21-3)9-10-15(14)18;1-6-2-4-7(8)5-3-6;;/h4-11H,18H2,1-3H3,(H,19,20);2-5,8H,1H3;2*1H2. The molecular formula is C24H32N2O4S. The monoisotopic (exact) mass is 444 g/mol. The molecule has 0 heterocycles. The van der Waals surface area contributed by atoms with Crippen LogP contribution < -0.4 is 15.8 Å². The van der Waals surface area contributed by atoms with E-state index in [1.54, 1.807) is 25.3 Å². The number of methoxy groups -OCH3 is 1. The van der Waals surface area contributed by atoms with Crippen molar-refractivity contribution in [3.8, 4) is 5.75 Å². The molecule has 3 aromatic rings. The lowest BCUT2D eigenvalue weighted by molar-refractivity contribution is 0.0912. The van der Waals surface area contributed by atoms with Gasteiger partial charge >= 0.3 is 0 Å². The van der Waals surface area contributed by atoms with Crippen molar-refractivity contribution in [1.29, 1.82) is 0 Å². The topological polar surface area (TPSA) is 127 Å². The predicted octanol–water partition coefficient (Wildman–Crippen LogP) is 3.58. The Morgan fingerprint density at radius 2 is 1.55 bits per heavy atom. The fourth-order valence-corrected chi connectivity index (χ4v) is 2.83. The number of nitrogens with two attached hydrogens (primary N) is 1. The molecule has 168 valence electrons. The quantitative estimate of drug-likeness (QED) is 0.420. The van der Waals surface area contributed by atoms with Crippen molar-refractivity contribution in [2.24, 2.45) is 0 Å². The van der Waals surface area contributed by atoms with Crippen molar-refractivity contribution >= 4 is 24.2 Å². The van der Waals surface area contributed by atoms with Crippen LogP contribution in [-0.4, -0.2) is 24.0 Å². The van der Waals surface area contributed by atoms with Crippen LogP contribution in [0.15, 0.2) is 77.7 Å². The lowest BCUT2D eigenvalue weighted by Crippen LogP contribution is -2.41. The Morgan fingerprint density at radius 1 is 0.968 bits per heavy atom. The van der Waals surface area contributed by atoms with E-state index < -0.39 is 5.54 Å². The maximum atomic E-state index is 12.5. The fraction of sp³-hybridized carbons (Fsp3) is 0.208. The summed E-state index contributed by atoms with van der Waals surface area (Å²) in [5.41, 5.74) is 8.55. The molecule has 0 bridgehead atoms. The summed E-state index contributed by atoms with van der Waals surface area (Å²) >= 11 is 4.13. The third kappa shape index (κ3) is 8.33. The zero-order valence-electron chi connectivity index (χ0n) is 18.3. The number of carbonyl (C=O) groups is 1. The molecule has 0 fully saturated rings. The van der Waals surface area contributed by atoms with Crippen LogP contribution in [0.1, 0.15) is 35.3 Å². The normalized spacial score (nSPS) is 9.84. The number of nitrogen functional groups attached to an aromatic ring is 1. The first kappa shape index (κ1) is 28.0. The minimum Gasteiger partial charge on any atom is -0.497 e. The highest BCUT2D eigenvalue weighted by atomic mass is 32.1. The summed E-state index contributed by atoms with van der Waals surface area (Å²) in [5.74, 6) is 0.382. The van der Waals surface area contributed by atoms with Crippen LogP contribution in [0.2, 0.25) is 0 Å². The summed E-state index contributed by atoms with van der Waals surface area (Å²) in [6.45, 7) is 5.97. The molecule has 3 aromatic carbocycles. The first-order chi connectivity index (χ1) is 13.7. The Bertz CT molecular complexity index is 925. The number of anilines is 1. The third-order valence-electron chi connectivity index (χ3n) is 4.46. The minimum atomic E-state index is -0.492. The van der Waals surface area contributed by atoms with Gasteiger partial charge in [-0.2, -0.15) is 0 Å². The summed E-state index contributed by atoms with van der Waals surface area (Å²) in [4.78, 5) is 13.5. The molecule has 0 aliphatic carbocycles. The van der Waals surface area contributed by atoms with Crippen molar-refractivity contribution in [1.82, 2.24) is 5.32 Å². The minimum absolute atomic E-state index is 0. The SMILES string of the molecule is COc1ccc(N)c(C(=O)NC(C)(C)c2ccccc2)c1.Cc1ccc(S)cc1.O.O. The van der Waals surface area contributed by atoms with Crippen LogP contribution in [0.25, 0.3) is 0 Å². The molecule has 0 atom stereocenters. The zero-order chi connectivity index (χ0) is 21.4. The lowest BCUT2D eigenvalue weighted by atomic mass is 9.94. The number of nitrogens with one attached hydrogen (secondary N) is 1. The van der Waals surface area contributed by atoms with Gasteiger partial charge in [-0.3, -0.25) is 4.79 Å². The van der Waals surface area contributed by atoms with Gasteiger partial charge in [0.05, 0.1) is 18.2 Å². The van der Waals surface area contributed by atoms with E-state index in [1.165, 1.54) is 5.56 Å². The van der Waals surface area contributed by atoms with Crippen molar-refractivity contribution in [2.45, 2.75) is 31.2 Å². The van der Waals surface area contributed by atoms with Crippen LogP contribution in [-0.2, 0) is 5.54 Å². The van der Waals surface area contributed by atoms with Gasteiger partial charge in [-0.05, 0) is 56.7 Å². The van der Waals surface area contributed by atoms with Gasteiger partial charge in [0.15, 0.2) is 0 Å². The van der Waals surface area contributed by atoms with E-state index in [9.17, 15) is 4.79 Å². The van der Waals surface area contributed by atoms with E-state index in [0.29, 0.717) is 17.0 Å². The molecule has 0 unspecified atom stereocenters. The fourth-order valence-electron chi connectivity index (χ4n) is 2.68. The number of carbonyl (C=O) groups excluding carboxylic acids is 1. The highest BCUT2D eigenvalue weighted by Crippen LogP contribution is 2.23. The largest absolute Gasteiger partial charge is 0.497 e. The highest BCUT2D eigenvalue weighted by Gasteiger charge is 2.24. The number of amides is 1. The molecule has 0 aliphatic rings. The van der Waals surface area contributed by atoms with Crippen LogP contribution in [0, 0.1) is 6.92 Å². The average molecular weight is 445 g/mol. The van der Waals surface area contributed by atoms with E-state index in [4.69, 9.17) is 10.5 Å². The molecule has 1 amide bonds. The molecular weight excluding hydrogens is 412 g/mol. The number of rotatable bonds is 4. The Kier molecular flexibility index (Phi) is 11.4. The van der Waals surface area contributed by atoms with E-state index in [2.05, 4.69) is 24.9 Å². The Labute approximate surface area is 189 Å². The second-order valence-corrected chi connectivity index (χ2v) is 7.75.